The van der Waals surface area contributed by atoms with Crippen LogP contribution in [0.3, 0.4) is 0 Å². The average molecular weight is 464 g/mol. The zero-order chi connectivity index (χ0) is 24.2. The number of nitrogens with one attached hydrogen (secondary N) is 2. The number of H-pyrrole nitrogens is 1. The maximum Gasteiger partial charge on any atom is 0.251 e. The van der Waals surface area contributed by atoms with Crippen molar-refractivity contribution in [3.05, 3.63) is 102 Å². The van der Waals surface area contributed by atoms with Crippen LogP contribution in [0, 0.1) is 6.92 Å². The highest BCUT2D eigenvalue weighted by molar-refractivity contribution is 5.94. The summed E-state index contributed by atoms with van der Waals surface area (Å²) in [6.07, 6.45) is 2.50. The van der Waals surface area contributed by atoms with Gasteiger partial charge in [-0.2, -0.15) is 0 Å². The van der Waals surface area contributed by atoms with Gasteiger partial charge >= 0.3 is 0 Å². The molecular formula is C28H25N5O2. The Hall–Kier alpha value is -4.52. The van der Waals surface area contributed by atoms with E-state index in [9.17, 15) is 4.79 Å². The van der Waals surface area contributed by atoms with E-state index in [1.807, 2.05) is 80.6 Å². The van der Waals surface area contributed by atoms with E-state index in [1.54, 1.807) is 18.3 Å². The highest BCUT2D eigenvalue weighted by atomic mass is 16.4. The minimum absolute atomic E-state index is 0.174. The lowest BCUT2D eigenvalue weighted by Crippen LogP contribution is -2.28. The summed E-state index contributed by atoms with van der Waals surface area (Å²) in [6.45, 7) is 4.02. The molecule has 0 radical (unpaired) electrons. The van der Waals surface area contributed by atoms with Crippen molar-refractivity contribution in [3.8, 4) is 34.2 Å². The van der Waals surface area contributed by atoms with E-state index in [0.29, 0.717) is 23.8 Å². The quantitative estimate of drug-likeness (QED) is 0.309. The van der Waals surface area contributed by atoms with Crippen LogP contribution in [0.1, 0.15) is 41.1 Å². The number of imidazole rings is 1. The third-order valence-corrected chi connectivity index (χ3v) is 5.92. The topological polar surface area (TPSA) is 96.7 Å². The van der Waals surface area contributed by atoms with Gasteiger partial charge in [-0.1, -0.05) is 55.5 Å². The molecule has 0 bridgehead atoms. The molecule has 0 aliphatic carbocycles. The van der Waals surface area contributed by atoms with E-state index in [-0.39, 0.29) is 11.9 Å². The minimum Gasteiger partial charge on any atom is -0.416 e. The van der Waals surface area contributed by atoms with Crippen molar-refractivity contribution in [3.63, 3.8) is 0 Å². The molecule has 2 aromatic heterocycles. The van der Waals surface area contributed by atoms with Gasteiger partial charge in [-0.3, -0.25) is 4.79 Å². The van der Waals surface area contributed by atoms with Crippen LogP contribution in [0.4, 0.5) is 0 Å². The van der Waals surface area contributed by atoms with E-state index in [1.165, 1.54) is 0 Å². The summed E-state index contributed by atoms with van der Waals surface area (Å²) in [5.74, 6) is 1.43. The lowest BCUT2D eigenvalue weighted by atomic mass is 10.1. The molecule has 1 atom stereocenters. The largest absolute Gasteiger partial charge is 0.416 e. The third-order valence-electron chi connectivity index (χ3n) is 5.92. The molecule has 7 nitrogen and oxygen atoms in total. The van der Waals surface area contributed by atoms with Gasteiger partial charge in [0.05, 0.1) is 17.9 Å². The Bertz CT molecular complexity index is 1440. The molecule has 0 fully saturated rings. The molecule has 5 aromatic rings. The summed E-state index contributed by atoms with van der Waals surface area (Å²) in [5.41, 5.74) is 5.23. The lowest BCUT2D eigenvalue weighted by molar-refractivity contribution is 0.0934. The molecule has 3 aromatic carbocycles. The van der Waals surface area contributed by atoms with Crippen LogP contribution in [0.2, 0.25) is 0 Å². The van der Waals surface area contributed by atoms with Gasteiger partial charge in [0.15, 0.2) is 0 Å². The molecule has 0 saturated heterocycles. The van der Waals surface area contributed by atoms with Gasteiger partial charge in [-0.05, 0) is 54.8 Å². The first-order chi connectivity index (χ1) is 17.1. The van der Waals surface area contributed by atoms with Crippen LogP contribution in [-0.4, -0.2) is 26.1 Å². The predicted octanol–water partition coefficient (Wildman–Crippen LogP) is 5.98. The van der Waals surface area contributed by atoms with Crippen LogP contribution >= 0.6 is 0 Å². The molecular weight excluding hydrogens is 438 g/mol. The molecule has 2 heterocycles. The second kappa shape index (κ2) is 9.77. The van der Waals surface area contributed by atoms with Crippen molar-refractivity contribution >= 4 is 5.91 Å². The molecule has 0 aliphatic rings. The normalized spacial score (nSPS) is 11.8. The zero-order valence-electron chi connectivity index (χ0n) is 19.5. The van der Waals surface area contributed by atoms with Crippen molar-refractivity contribution in [1.29, 1.82) is 0 Å². The number of hydrogen-bond donors (Lipinski definition) is 2. The Labute approximate surface area is 203 Å². The summed E-state index contributed by atoms with van der Waals surface area (Å²) in [4.78, 5) is 20.8. The van der Waals surface area contributed by atoms with Crippen molar-refractivity contribution in [2.45, 2.75) is 26.3 Å². The molecule has 5 rings (SSSR count). The van der Waals surface area contributed by atoms with Crippen LogP contribution in [-0.2, 0) is 0 Å². The summed E-state index contributed by atoms with van der Waals surface area (Å²) < 4.78 is 5.88. The Kier molecular flexibility index (Phi) is 6.22. The standard InChI is InChI=1S/C28H25N5O2/c1-3-23(25-29-17-24(30-25)19-10-5-4-6-11-19)31-26(34)20-13-15-21(16-14-20)27-32-33-28(35-27)22-12-8-7-9-18(22)2/h4-17,23H,3H2,1-2H3,(H,29,30)(H,31,34). The van der Waals surface area contributed by atoms with Gasteiger partial charge in [0, 0.05) is 16.7 Å². The number of carbonyl (C=O) groups excluding carboxylic acids is 1. The van der Waals surface area contributed by atoms with Crippen LogP contribution in [0.25, 0.3) is 34.2 Å². The van der Waals surface area contributed by atoms with E-state index in [4.69, 9.17) is 4.42 Å². The molecule has 35 heavy (non-hydrogen) atoms. The fourth-order valence-electron chi connectivity index (χ4n) is 3.91. The molecule has 174 valence electrons. The number of aromatic nitrogens is 4. The Balaban J connectivity index is 1.28. The van der Waals surface area contributed by atoms with Gasteiger partial charge in [-0.25, -0.2) is 4.98 Å². The monoisotopic (exact) mass is 463 g/mol. The fourth-order valence-corrected chi connectivity index (χ4v) is 3.91. The van der Waals surface area contributed by atoms with Crippen LogP contribution < -0.4 is 5.32 Å². The number of aryl methyl sites for hydroxylation is 1. The third kappa shape index (κ3) is 4.75. The van der Waals surface area contributed by atoms with Crippen LogP contribution in [0.5, 0.6) is 0 Å². The summed E-state index contributed by atoms with van der Waals surface area (Å²) in [5, 5.41) is 11.4. The summed E-state index contributed by atoms with van der Waals surface area (Å²) >= 11 is 0. The molecule has 1 unspecified atom stereocenters. The maximum atomic E-state index is 12.9. The van der Waals surface area contributed by atoms with Crippen molar-refractivity contribution in [2.75, 3.05) is 0 Å². The average Bonchev–Trinajstić information content (AvgIpc) is 3.59. The number of aromatic amines is 1. The minimum atomic E-state index is -0.229. The molecule has 2 N–H and O–H groups in total. The number of benzene rings is 3. The highest BCUT2D eigenvalue weighted by Crippen LogP contribution is 2.26. The van der Waals surface area contributed by atoms with Crippen molar-refractivity contribution in [2.24, 2.45) is 0 Å². The van der Waals surface area contributed by atoms with Gasteiger partial charge in [0.1, 0.15) is 5.82 Å². The molecule has 7 heteroatoms. The highest BCUT2D eigenvalue weighted by Gasteiger charge is 2.18. The number of rotatable bonds is 7. The van der Waals surface area contributed by atoms with Crippen molar-refractivity contribution < 1.29 is 9.21 Å². The maximum absolute atomic E-state index is 12.9. The summed E-state index contributed by atoms with van der Waals surface area (Å²) in [7, 11) is 0. The lowest BCUT2D eigenvalue weighted by Gasteiger charge is -2.15. The fraction of sp³-hybridized carbons (Fsp3) is 0.143. The molecule has 0 aliphatic heterocycles. The Morgan fingerprint density at radius 3 is 2.37 bits per heavy atom. The Morgan fingerprint density at radius 2 is 1.63 bits per heavy atom. The zero-order valence-corrected chi connectivity index (χ0v) is 19.5. The first-order valence-electron chi connectivity index (χ1n) is 11.5. The molecule has 0 spiro atoms. The first-order valence-corrected chi connectivity index (χ1v) is 11.5. The van der Waals surface area contributed by atoms with E-state index < -0.39 is 0 Å². The van der Waals surface area contributed by atoms with Gasteiger partial charge < -0.3 is 14.7 Å². The molecule has 0 saturated carbocycles. The smallest absolute Gasteiger partial charge is 0.251 e. The first kappa shape index (κ1) is 22.3. The molecule has 1 amide bonds. The number of amides is 1. The van der Waals surface area contributed by atoms with E-state index in [2.05, 4.69) is 25.5 Å². The van der Waals surface area contributed by atoms with Gasteiger partial charge in [-0.15, -0.1) is 10.2 Å². The van der Waals surface area contributed by atoms with E-state index >= 15 is 0 Å². The van der Waals surface area contributed by atoms with Crippen LogP contribution in [0.15, 0.2) is 89.5 Å². The number of carbonyl (C=O) groups is 1. The second-order valence-electron chi connectivity index (χ2n) is 8.29. The second-order valence-corrected chi connectivity index (χ2v) is 8.29. The SMILES string of the molecule is CCC(NC(=O)c1ccc(-c2nnc(-c3ccccc3C)o2)cc1)c1ncc(-c2ccccc2)[nH]1. The summed E-state index contributed by atoms with van der Waals surface area (Å²) in [6, 6.07) is 24.7. The van der Waals surface area contributed by atoms with E-state index in [0.717, 1.165) is 33.8 Å². The van der Waals surface area contributed by atoms with Gasteiger partial charge in [0.2, 0.25) is 11.8 Å². The van der Waals surface area contributed by atoms with Crippen molar-refractivity contribution in [1.82, 2.24) is 25.5 Å². The van der Waals surface area contributed by atoms with Gasteiger partial charge in [0.25, 0.3) is 5.91 Å². The Morgan fingerprint density at radius 1 is 0.914 bits per heavy atom. The predicted molar refractivity (Wildman–Crippen MR) is 134 cm³/mol. The number of nitrogens with zero attached hydrogens (tertiary/aromatic N) is 3. The number of hydrogen-bond acceptors (Lipinski definition) is 5.